The molecule has 0 fully saturated rings. The Morgan fingerprint density at radius 1 is 1.44 bits per heavy atom. The van der Waals surface area contributed by atoms with Gasteiger partial charge in [-0.05, 0) is 12.1 Å². The molecule has 1 aromatic rings. The van der Waals surface area contributed by atoms with Crippen LogP contribution in [0.1, 0.15) is 12.5 Å². The van der Waals surface area contributed by atoms with Crippen LogP contribution in [0.4, 0.5) is 4.39 Å². The molecule has 0 bridgehead atoms. The maximum Gasteiger partial charge on any atom is 0.186 e. The van der Waals surface area contributed by atoms with E-state index in [1.165, 1.54) is 30.8 Å². The molecule has 0 aliphatic rings. The molecule has 86 valence electrons. The van der Waals surface area contributed by atoms with E-state index in [1.807, 2.05) is 12.2 Å². The molecular formula is C11H9Br2FOS. The van der Waals surface area contributed by atoms with Crippen molar-refractivity contribution in [1.82, 2.24) is 0 Å². The van der Waals surface area contributed by atoms with Crippen molar-refractivity contribution in [2.24, 2.45) is 0 Å². The van der Waals surface area contributed by atoms with Crippen LogP contribution >= 0.6 is 43.6 Å². The molecule has 0 amide bonds. The lowest BCUT2D eigenvalue weighted by Gasteiger charge is -2.02. The first-order valence-electron chi connectivity index (χ1n) is 4.45. The zero-order chi connectivity index (χ0) is 12.1. The third-order valence-corrected chi connectivity index (χ3v) is 3.79. The van der Waals surface area contributed by atoms with E-state index in [2.05, 4.69) is 31.9 Å². The average Bonchev–Trinajstić information content (AvgIpc) is 2.14. The van der Waals surface area contributed by atoms with Crippen molar-refractivity contribution in [3.8, 4) is 0 Å². The van der Waals surface area contributed by atoms with E-state index in [0.29, 0.717) is 14.7 Å². The minimum Gasteiger partial charge on any atom is -0.288 e. The molecule has 0 saturated carbocycles. The van der Waals surface area contributed by atoms with E-state index in [9.17, 15) is 9.18 Å². The molecule has 0 spiro atoms. The molecule has 0 unspecified atom stereocenters. The van der Waals surface area contributed by atoms with Gasteiger partial charge in [0, 0.05) is 27.2 Å². The number of hydrogen-bond donors (Lipinski definition) is 0. The summed E-state index contributed by atoms with van der Waals surface area (Å²) in [6.45, 7) is 1.53. The Morgan fingerprint density at radius 2 is 2.00 bits per heavy atom. The Kier molecular flexibility index (Phi) is 5.72. The largest absolute Gasteiger partial charge is 0.288 e. The number of benzene rings is 1. The van der Waals surface area contributed by atoms with Gasteiger partial charge >= 0.3 is 0 Å². The fourth-order valence-corrected chi connectivity index (χ4v) is 2.87. The van der Waals surface area contributed by atoms with E-state index >= 15 is 0 Å². The summed E-state index contributed by atoms with van der Waals surface area (Å²) in [6.07, 6.45) is 3.72. The summed E-state index contributed by atoms with van der Waals surface area (Å²) in [7, 11) is 0. The maximum absolute atomic E-state index is 13.0. The van der Waals surface area contributed by atoms with Crippen LogP contribution in [0.2, 0.25) is 0 Å². The minimum atomic E-state index is -0.297. The van der Waals surface area contributed by atoms with Gasteiger partial charge in [-0.25, -0.2) is 4.39 Å². The summed E-state index contributed by atoms with van der Waals surface area (Å²) in [4.78, 5) is 10.7. The molecule has 0 aromatic heterocycles. The molecule has 1 nitrogen and oxygen atoms in total. The van der Waals surface area contributed by atoms with E-state index < -0.39 is 0 Å². The Balaban J connectivity index is 2.77. The van der Waals surface area contributed by atoms with E-state index in [0.717, 1.165) is 5.56 Å². The molecule has 1 rings (SSSR count). The van der Waals surface area contributed by atoms with Gasteiger partial charge in [0.2, 0.25) is 0 Å². The van der Waals surface area contributed by atoms with Crippen LogP contribution in [0.3, 0.4) is 0 Å². The van der Waals surface area contributed by atoms with Gasteiger partial charge in [0.05, 0.1) is 0 Å². The molecule has 5 heteroatoms. The van der Waals surface area contributed by atoms with Gasteiger partial charge < -0.3 is 0 Å². The Labute approximate surface area is 115 Å². The van der Waals surface area contributed by atoms with Gasteiger partial charge in [-0.1, -0.05) is 55.8 Å². The molecule has 0 aliphatic carbocycles. The molecule has 0 N–H and O–H groups in total. The van der Waals surface area contributed by atoms with Crippen LogP contribution in [0.25, 0.3) is 6.08 Å². The van der Waals surface area contributed by atoms with Gasteiger partial charge in [-0.15, -0.1) is 0 Å². The molecule has 0 radical (unpaired) electrons. The van der Waals surface area contributed by atoms with Crippen molar-refractivity contribution in [3.05, 3.63) is 38.5 Å². The summed E-state index contributed by atoms with van der Waals surface area (Å²) < 4.78 is 14.3. The Hall–Kier alpha value is -0.130. The average molecular weight is 368 g/mol. The van der Waals surface area contributed by atoms with Crippen LogP contribution in [-0.4, -0.2) is 10.9 Å². The summed E-state index contributed by atoms with van der Waals surface area (Å²) in [5.74, 6) is 0.319. The first-order valence-corrected chi connectivity index (χ1v) is 7.02. The standard InChI is InChI=1S/C11H9Br2FOS/c1-7(15)16-4-2-3-9-10(12)5-8(14)6-11(9)13/h2-3,5-6H,4H2,1H3. The third-order valence-electron chi connectivity index (χ3n) is 1.71. The zero-order valence-electron chi connectivity index (χ0n) is 8.47. The van der Waals surface area contributed by atoms with Crippen molar-refractivity contribution >= 4 is 54.8 Å². The summed E-state index contributed by atoms with van der Waals surface area (Å²) in [5.41, 5.74) is 0.866. The Morgan fingerprint density at radius 3 is 2.50 bits per heavy atom. The lowest BCUT2D eigenvalue weighted by atomic mass is 10.2. The zero-order valence-corrected chi connectivity index (χ0v) is 12.5. The van der Waals surface area contributed by atoms with Crippen LogP contribution in [0.15, 0.2) is 27.2 Å². The summed E-state index contributed by atoms with van der Waals surface area (Å²) >= 11 is 7.80. The third kappa shape index (κ3) is 4.39. The highest BCUT2D eigenvalue weighted by atomic mass is 79.9. The molecule has 1 aromatic carbocycles. The molecule has 0 saturated heterocycles. The SMILES string of the molecule is CC(=O)SCC=Cc1c(Br)cc(F)cc1Br. The molecule has 0 aliphatic heterocycles. The number of carbonyl (C=O) groups is 1. The number of hydrogen-bond acceptors (Lipinski definition) is 2. The van der Waals surface area contributed by atoms with E-state index in [-0.39, 0.29) is 10.9 Å². The van der Waals surface area contributed by atoms with Crippen LogP contribution < -0.4 is 0 Å². The number of thioether (sulfide) groups is 1. The van der Waals surface area contributed by atoms with Gasteiger partial charge in [0.1, 0.15) is 5.82 Å². The summed E-state index contributed by atoms with van der Waals surface area (Å²) in [6, 6.07) is 2.81. The predicted molar refractivity (Wildman–Crippen MR) is 74.0 cm³/mol. The molecule has 0 heterocycles. The van der Waals surface area contributed by atoms with Crippen molar-refractivity contribution in [1.29, 1.82) is 0 Å². The smallest absolute Gasteiger partial charge is 0.186 e. The number of halogens is 3. The minimum absolute atomic E-state index is 0.0851. The van der Waals surface area contributed by atoms with Crippen LogP contribution in [-0.2, 0) is 4.79 Å². The van der Waals surface area contributed by atoms with Crippen LogP contribution in [0.5, 0.6) is 0 Å². The van der Waals surface area contributed by atoms with Gasteiger partial charge in [-0.3, -0.25) is 4.79 Å². The normalized spacial score (nSPS) is 11.0. The topological polar surface area (TPSA) is 17.1 Å². The van der Waals surface area contributed by atoms with Crippen molar-refractivity contribution in [3.63, 3.8) is 0 Å². The summed E-state index contributed by atoms with van der Waals surface area (Å²) in [5, 5.41) is 0.0851. The highest BCUT2D eigenvalue weighted by Gasteiger charge is 2.04. The van der Waals surface area contributed by atoms with Crippen molar-refractivity contribution in [2.75, 3.05) is 5.75 Å². The van der Waals surface area contributed by atoms with Gasteiger partial charge in [0.15, 0.2) is 5.12 Å². The first-order chi connectivity index (χ1) is 7.50. The van der Waals surface area contributed by atoms with E-state index in [1.54, 1.807) is 0 Å². The second kappa shape index (κ2) is 6.57. The molecule has 0 atom stereocenters. The van der Waals surface area contributed by atoms with Crippen molar-refractivity contribution in [2.45, 2.75) is 6.92 Å². The highest BCUT2D eigenvalue weighted by molar-refractivity contribution is 9.11. The highest BCUT2D eigenvalue weighted by Crippen LogP contribution is 2.28. The van der Waals surface area contributed by atoms with Gasteiger partial charge in [-0.2, -0.15) is 0 Å². The second-order valence-corrected chi connectivity index (χ2v) is 5.89. The van der Waals surface area contributed by atoms with E-state index in [4.69, 9.17) is 0 Å². The maximum atomic E-state index is 13.0. The van der Waals surface area contributed by atoms with Gasteiger partial charge in [0.25, 0.3) is 0 Å². The lowest BCUT2D eigenvalue weighted by Crippen LogP contribution is -1.84. The second-order valence-electron chi connectivity index (χ2n) is 2.99. The molecular weight excluding hydrogens is 359 g/mol. The monoisotopic (exact) mass is 366 g/mol. The Bertz CT molecular complexity index is 409. The molecule has 16 heavy (non-hydrogen) atoms. The van der Waals surface area contributed by atoms with Crippen molar-refractivity contribution < 1.29 is 9.18 Å². The quantitative estimate of drug-likeness (QED) is 0.773. The first kappa shape index (κ1) is 13.9. The predicted octanol–water partition coefficient (Wildman–Crippen LogP) is 4.64. The fraction of sp³-hybridized carbons (Fsp3) is 0.182. The lowest BCUT2D eigenvalue weighted by molar-refractivity contribution is -0.109. The van der Waals surface area contributed by atoms with Crippen LogP contribution in [0, 0.1) is 5.82 Å². The number of carbonyl (C=O) groups excluding carboxylic acids is 1. The fourth-order valence-electron chi connectivity index (χ4n) is 1.04. The number of rotatable bonds is 3.